The maximum absolute atomic E-state index is 4.64. The number of anilines is 3. The predicted octanol–water partition coefficient (Wildman–Crippen LogP) is 3.86. The topological polar surface area (TPSA) is 66.0 Å². The highest BCUT2D eigenvalue weighted by molar-refractivity contribution is 14.1. The fourth-order valence-electron chi connectivity index (χ4n) is 2.34. The SMILES string of the molecule is CN(C)CCNc1nc(Nc2ccccc2I)cc(-c2cccnc2)n1. The monoisotopic (exact) mass is 460 g/mol. The highest BCUT2D eigenvalue weighted by Gasteiger charge is 2.08. The van der Waals surface area contributed by atoms with Crippen LogP contribution in [0.5, 0.6) is 0 Å². The second kappa shape index (κ2) is 8.91. The third kappa shape index (κ3) is 5.12. The largest absolute Gasteiger partial charge is 0.353 e. The molecule has 0 fully saturated rings. The molecule has 3 aromatic rings. The number of likely N-dealkylation sites (N-methyl/N-ethyl adjacent to an activating group) is 1. The van der Waals surface area contributed by atoms with E-state index in [9.17, 15) is 0 Å². The number of halogens is 1. The summed E-state index contributed by atoms with van der Waals surface area (Å²) in [5.41, 5.74) is 2.80. The molecular weight excluding hydrogens is 439 g/mol. The lowest BCUT2D eigenvalue weighted by Crippen LogP contribution is -2.21. The summed E-state index contributed by atoms with van der Waals surface area (Å²) >= 11 is 2.31. The van der Waals surface area contributed by atoms with Gasteiger partial charge < -0.3 is 15.5 Å². The number of hydrogen-bond donors (Lipinski definition) is 2. The van der Waals surface area contributed by atoms with Gasteiger partial charge in [-0.25, -0.2) is 4.98 Å². The summed E-state index contributed by atoms with van der Waals surface area (Å²) in [7, 11) is 4.08. The van der Waals surface area contributed by atoms with Crippen LogP contribution < -0.4 is 10.6 Å². The Bertz CT molecular complexity index is 854. The minimum Gasteiger partial charge on any atom is -0.353 e. The van der Waals surface area contributed by atoms with Crippen LogP contribution in [-0.4, -0.2) is 47.0 Å². The molecular formula is C19H21IN6. The van der Waals surface area contributed by atoms with Gasteiger partial charge in [-0.15, -0.1) is 0 Å². The van der Waals surface area contributed by atoms with E-state index >= 15 is 0 Å². The van der Waals surface area contributed by atoms with Crippen LogP contribution in [0.1, 0.15) is 0 Å². The van der Waals surface area contributed by atoms with Gasteiger partial charge in [0.25, 0.3) is 0 Å². The first kappa shape index (κ1) is 18.5. The highest BCUT2D eigenvalue weighted by atomic mass is 127. The average molecular weight is 460 g/mol. The Hall–Kier alpha value is -2.26. The Morgan fingerprint density at radius 3 is 2.65 bits per heavy atom. The number of pyridine rings is 1. The summed E-state index contributed by atoms with van der Waals surface area (Å²) in [6, 6.07) is 14.0. The molecule has 0 atom stereocenters. The number of benzene rings is 1. The van der Waals surface area contributed by atoms with Gasteiger partial charge >= 0.3 is 0 Å². The van der Waals surface area contributed by atoms with Gasteiger partial charge in [-0.3, -0.25) is 4.98 Å². The van der Waals surface area contributed by atoms with Crippen molar-refractivity contribution in [2.75, 3.05) is 37.8 Å². The zero-order valence-corrected chi connectivity index (χ0v) is 16.9. The van der Waals surface area contributed by atoms with E-state index in [1.54, 1.807) is 6.20 Å². The minimum atomic E-state index is 0.599. The molecule has 2 aromatic heterocycles. The van der Waals surface area contributed by atoms with Gasteiger partial charge in [0.1, 0.15) is 5.82 Å². The van der Waals surface area contributed by atoms with E-state index in [0.29, 0.717) is 5.95 Å². The van der Waals surface area contributed by atoms with Crippen LogP contribution in [0.15, 0.2) is 54.9 Å². The maximum Gasteiger partial charge on any atom is 0.225 e. The molecule has 2 heterocycles. The lowest BCUT2D eigenvalue weighted by Gasteiger charge is -2.13. The Balaban J connectivity index is 1.90. The summed E-state index contributed by atoms with van der Waals surface area (Å²) < 4.78 is 1.13. The molecule has 1 aromatic carbocycles. The Morgan fingerprint density at radius 1 is 1.08 bits per heavy atom. The first-order chi connectivity index (χ1) is 12.6. The van der Waals surface area contributed by atoms with E-state index in [1.807, 2.05) is 56.7 Å². The molecule has 0 aliphatic carbocycles. The summed E-state index contributed by atoms with van der Waals surface area (Å²) in [6.45, 7) is 1.67. The Morgan fingerprint density at radius 2 is 1.92 bits per heavy atom. The van der Waals surface area contributed by atoms with Gasteiger partial charge in [0.05, 0.1) is 11.4 Å². The van der Waals surface area contributed by atoms with Crippen molar-refractivity contribution in [3.8, 4) is 11.3 Å². The second-order valence-corrected chi connectivity index (χ2v) is 7.20. The van der Waals surface area contributed by atoms with Gasteiger partial charge in [0, 0.05) is 40.7 Å². The Kier molecular flexibility index (Phi) is 6.35. The van der Waals surface area contributed by atoms with Gasteiger partial charge in [0.2, 0.25) is 5.95 Å². The summed E-state index contributed by atoms with van der Waals surface area (Å²) in [6.07, 6.45) is 3.56. The normalized spacial score (nSPS) is 10.8. The fourth-order valence-corrected chi connectivity index (χ4v) is 2.87. The van der Waals surface area contributed by atoms with Crippen molar-refractivity contribution < 1.29 is 0 Å². The molecule has 0 aliphatic heterocycles. The Labute approximate surface area is 167 Å². The smallest absolute Gasteiger partial charge is 0.225 e. The predicted molar refractivity (Wildman–Crippen MR) is 115 cm³/mol. The molecule has 0 spiro atoms. The average Bonchev–Trinajstić information content (AvgIpc) is 2.64. The molecule has 0 saturated carbocycles. The number of para-hydroxylation sites is 1. The zero-order chi connectivity index (χ0) is 18.4. The molecule has 0 bridgehead atoms. The van der Waals surface area contributed by atoms with E-state index in [1.165, 1.54) is 0 Å². The zero-order valence-electron chi connectivity index (χ0n) is 14.8. The number of aromatic nitrogens is 3. The van der Waals surface area contributed by atoms with E-state index in [-0.39, 0.29) is 0 Å². The van der Waals surface area contributed by atoms with Crippen LogP contribution in [0.2, 0.25) is 0 Å². The lowest BCUT2D eigenvalue weighted by atomic mass is 10.2. The quantitative estimate of drug-likeness (QED) is 0.523. The highest BCUT2D eigenvalue weighted by Crippen LogP contribution is 2.25. The molecule has 134 valence electrons. The molecule has 2 N–H and O–H groups in total. The molecule has 6 nitrogen and oxygen atoms in total. The van der Waals surface area contributed by atoms with Gasteiger partial charge in [-0.05, 0) is 61.0 Å². The fraction of sp³-hybridized carbons (Fsp3) is 0.211. The number of rotatable bonds is 7. The standard InChI is InChI=1S/C19H21IN6/c1-26(2)11-10-22-19-24-17(14-6-5-9-21-13-14)12-18(25-19)23-16-8-4-3-7-15(16)20/h3-9,12-13H,10-11H2,1-2H3,(H2,22,23,24,25). The number of nitrogens with zero attached hydrogens (tertiary/aromatic N) is 4. The summed E-state index contributed by atoms with van der Waals surface area (Å²) in [4.78, 5) is 15.6. The van der Waals surface area contributed by atoms with E-state index < -0.39 is 0 Å². The number of nitrogens with one attached hydrogen (secondary N) is 2. The van der Waals surface area contributed by atoms with E-state index in [0.717, 1.165) is 39.4 Å². The van der Waals surface area contributed by atoms with Crippen LogP contribution in [0.4, 0.5) is 17.5 Å². The maximum atomic E-state index is 4.64. The first-order valence-corrected chi connectivity index (χ1v) is 9.39. The molecule has 0 aliphatic rings. The summed E-state index contributed by atoms with van der Waals surface area (Å²) in [5, 5.41) is 6.69. The number of hydrogen-bond acceptors (Lipinski definition) is 6. The molecule has 0 amide bonds. The van der Waals surface area contributed by atoms with Crippen LogP contribution in [0, 0.1) is 3.57 Å². The van der Waals surface area contributed by atoms with Crippen LogP contribution in [0.25, 0.3) is 11.3 Å². The third-order valence-electron chi connectivity index (χ3n) is 3.66. The van der Waals surface area contributed by atoms with Crippen molar-refractivity contribution in [1.82, 2.24) is 19.9 Å². The van der Waals surface area contributed by atoms with Crippen LogP contribution in [-0.2, 0) is 0 Å². The van der Waals surface area contributed by atoms with Crippen molar-refractivity contribution in [3.05, 3.63) is 58.4 Å². The molecule has 3 rings (SSSR count). The van der Waals surface area contributed by atoms with Gasteiger partial charge in [0.15, 0.2) is 0 Å². The molecule has 0 radical (unpaired) electrons. The van der Waals surface area contributed by atoms with E-state index in [2.05, 4.69) is 59.1 Å². The second-order valence-electron chi connectivity index (χ2n) is 6.04. The van der Waals surface area contributed by atoms with Crippen molar-refractivity contribution in [3.63, 3.8) is 0 Å². The van der Waals surface area contributed by atoms with Gasteiger partial charge in [-0.1, -0.05) is 12.1 Å². The van der Waals surface area contributed by atoms with Crippen molar-refractivity contribution in [2.45, 2.75) is 0 Å². The molecule has 0 unspecified atom stereocenters. The minimum absolute atomic E-state index is 0.599. The third-order valence-corrected chi connectivity index (χ3v) is 4.60. The molecule has 7 heteroatoms. The van der Waals surface area contributed by atoms with Crippen molar-refractivity contribution >= 4 is 40.0 Å². The van der Waals surface area contributed by atoms with Crippen molar-refractivity contribution in [1.29, 1.82) is 0 Å². The van der Waals surface area contributed by atoms with Crippen LogP contribution >= 0.6 is 22.6 Å². The first-order valence-electron chi connectivity index (χ1n) is 8.31. The summed E-state index contributed by atoms with van der Waals surface area (Å²) in [5.74, 6) is 1.34. The lowest BCUT2D eigenvalue weighted by molar-refractivity contribution is 0.425. The van der Waals surface area contributed by atoms with E-state index in [4.69, 9.17) is 0 Å². The molecule has 0 saturated heterocycles. The molecule has 26 heavy (non-hydrogen) atoms. The van der Waals surface area contributed by atoms with Crippen molar-refractivity contribution in [2.24, 2.45) is 0 Å². The van der Waals surface area contributed by atoms with Gasteiger partial charge in [-0.2, -0.15) is 4.98 Å². The van der Waals surface area contributed by atoms with Crippen LogP contribution in [0.3, 0.4) is 0 Å².